The van der Waals surface area contributed by atoms with Crippen molar-refractivity contribution in [3.8, 4) is 11.5 Å². The first kappa shape index (κ1) is 39.7. The SMILES string of the molecule is C[C@H](Cc1ccc(OCCCCCCCOc2ccc(C[C@@H](C)NC(=O)[C@H](O)c3cccc(Cl)c3)cc2)cc1)NC(=O)[C@H](O)c1cccc(Cl)c1. The molecular weight excluding hydrogens is 687 g/mol. The molecule has 0 fully saturated rings. The smallest absolute Gasteiger partial charge is 0.253 e. The Kier molecular flexibility index (Phi) is 16.1. The fourth-order valence-electron chi connectivity index (χ4n) is 5.67. The van der Waals surface area contributed by atoms with Crippen LogP contribution in [0.25, 0.3) is 0 Å². The summed E-state index contributed by atoms with van der Waals surface area (Å²) in [6.45, 7) is 5.12. The number of hydrogen-bond donors (Lipinski definition) is 4. The molecule has 0 heterocycles. The molecule has 0 unspecified atom stereocenters. The van der Waals surface area contributed by atoms with Gasteiger partial charge in [-0.15, -0.1) is 0 Å². The third-order valence-corrected chi connectivity index (χ3v) is 8.83. The van der Waals surface area contributed by atoms with Gasteiger partial charge in [-0.05, 0) is 110 Å². The van der Waals surface area contributed by atoms with Gasteiger partial charge in [0, 0.05) is 22.1 Å². The molecule has 4 N–H and O–H groups in total. The highest BCUT2D eigenvalue weighted by molar-refractivity contribution is 6.31. The van der Waals surface area contributed by atoms with Crippen molar-refractivity contribution in [1.82, 2.24) is 10.6 Å². The van der Waals surface area contributed by atoms with Crippen LogP contribution >= 0.6 is 23.2 Å². The van der Waals surface area contributed by atoms with Crippen molar-refractivity contribution in [3.05, 3.63) is 129 Å². The number of nitrogens with one attached hydrogen (secondary N) is 2. The number of unbranched alkanes of at least 4 members (excludes halogenated alkanes) is 4. The summed E-state index contributed by atoms with van der Waals surface area (Å²) < 4.78 is 11.8. The first-order valence-electron chi connectivity index (χ1n) is 17.5. The zero-order valence-electron chi connectivity index (χ0n) is 29.2. The number of carbonyl (C=O) groups excluding carboxylic acids is 2. The predicted molar refractivity (Wildman–Crippen MR) is 202 cm³/mol. The number of aliphatic hydroxyl groups excluding tert-OH is 2. The number of hydrogen-bond acceptors (Lipinski definition) is 6. The molecule has 0 aliphatic carbocycles. The second-order valence-corrected chi connectivity index (χ2v) is 13.8. The van der Waals surface area contributed by atoms with E-state index < -0.39 is 24.0 Å². The van der Waals surface area contributed by atoms with Gasteiger partial charge in [-0.25, -0.2) is 0 Å². The number of amides is 2. The molecule has 4 aromatic rings. The first-order valence-corrected chi connectivity index (χ1v) is 18.2. The lowest BCUT2D eigenvalue weighted by atomic mass is 10.1. The molecule has 0 saturated heterocycles. The molecule has 0 aliphatic rings. The summed E-state index contributed by atoms with van der Waals surface area (Å²) in [5, 5.41) is 27.4. The summed E-state index contributed by atoms with van der Waals surface area (Å²) in [6.07, 6.45) is 3.93. The maximum atomic E-state index is 12.5. The Bertz CT molecular complexity index is 1540. The van der Waals surface area contributed by atoms with E-state index in [9.17, 15) is 19.8 Å². The monoisotopic (exact) mass is 734 g/mol. The summed E-state index contributed by atoms with van der Waals surface area (Å²) in [7, 11) is 0. The summed E-state index contributed by atoms with van der Waals surface area (Å²) in [5.41, 5.74) is 3.05. The van der Waals surface area contributed by atoms with E-state index in [4.69, 9.17) is 32.7 Å². The van der Waals surface area contributed by atoms with Crippen molar-refractivity contribution in [2.24, 2.45) is 0 Å². The quantitative estimate of drug-likeness (QED) is 0.0685. The highest BCUT2D eigenvalue weighted by Gasteiger charge is 2.21. The van der Waals surface area contributed by atoms with Crippen LogP contribution in [0.4, 0.5) is 0 Å². The van der Waals surface area contributed by atoms with E-state index in [-0.39, 0.29) is 12.1 Å². The van der Waals surface area contributed by atoms with E-state index in [1.807, 2.05) is 62.4 Å². The average Bonchev–Trinajstić information content (AvgIpc) is 3.11. The topological polar surface area (TPSA) is 117 Å². The molecule has 0 spiro atoms. The van der Waals surface area contributed by atoms with E-state index in [1.54, 1.807) is 48.5 Å². The third kappa shape index (κ3) is 13.9. The molecule has 10 heteroatoms. The van der Waals surface area contributed by atoms with Gasteiger partial charge in [0.1, 0.15) is 11.5 Å². The lowest BCUT2D eigenvalue weighted by Crippen LogP contribution is -2.37. The minimum absolute atomic E-state index is 0.158. The average molecular weight is 736 g/mol. The Balaban J connectivity index is 1.02. The maximum absolute atomic E-state index is 12.5. The van der Waals surface area contributed by atoms with Crippen LogP contribution in [0.1, 0.15) is 80.4 Å². The molecular formula is C41H48Cl2N2O6. The first-order chi connectivity index (χ1) is 24.6. The molecule has 4 atom stereocenters. The van der Waals surface area contributed by atoms with Gasteiger partial charge in [0.2, 0.25) is 0 Å². The second-order valence-electron chi connectivity index (χ2n) is 12.9. The van der Waals surface area contributed by atoms with Crippen LogP contribution in [0.15, 0.2) is 97.1 Å². The molecule has 0 saturated carbocycles. The number of ether oxygens (including phenoxy) is 2. The summed E-state index contributed by atoms with van der Waals surface area (Å²) >= 11 is 12.0. The number of rotatable bonds is 20. The van der Waals surface area contributed by atoms with Crippen molar-refractivity contribution in [3.63, 3.8) is 0 Å². The molecule has 0 aliphatic heterocycles. The fourth-order valence-corrected chi connectivity index (χ4v) is 6.06. The predicted octanol–water partition coefficient (Wildman–Crippen LogP) is 7.96. The minimum atomic E-state index is -1.27. The summed E-state index contributed by atoms with van der Waals surface area (Å²) in [5.74, 6) is 0.726. The Morgan fingerprint density at radius 2 is 0.961 bits per heavy atom. The van der Waals surface area contributed by atoms with Crippen molar-refractivity contribution in [2.75, 3.05) is 13.2 Å². The van der Waals surface area contributed by atoms with Gasteiger partial charge < -0.3 is 30.3 Å². The van der Waals surface area contributed by atoms with Crippen molar-refractivity contribution < 1.29 is 29.3 Å². The standard InChI is InChI=1S/C41H48Cl2N2O6/c1-28(44-40(48)38(46)32-10-8-12-34(42)26-32)24-30-14-18-36(19-15-30)50-22-6-4-3-5-7-23-51-37-20-16-31(17-21-37)25-29(2)45-41(49)39(47)33-11-9-13-35(43)27-33/h8-21,26-29,38-39,46-47H,3-7,22-25H2,1-2H3,(H,44,48)(H,45,49)/t28-,29-,38-,39-/m1/s1. The Hall–Kier alpha value is -4.08. The minimum Gasteiger partial charge on any atom is -0.494 e. The lowest BCUT2D eigenvalue weighted by molar-refractivity contribution is -0.130. The van der Waals surface area contributed by atoms with Crippen LogP contribution in [0, 0.1) is 0 Å². The zero-order chi connectivity index (χ0) is 36.6. The molecule has 0 bridgehead atoms. The van der Waals surface area contributed by atoms with Gasteiger partial charge in [0.25, 0.3) is 11.8 Å². The molecule has 0 radical (unpaired) electrons. The van der Waals surface area contributed by atoms with Crippen LogP contribution < -0.4 is 20.1 Å². The number of carbonyl (C=O) groups is 2. The van der Waals surface area contributed by atoms with E-state index in [2.05, 4.69) is 10.6 Å². The van der Waals surface area contributed by atoms with Gasteiger partial charge in [0.05, 0.1) is 13.2 Å². The molecule has 4 rings (SSSR count). The molecule has 51 heavy (non-hydrogen) atoms. The summed E-state index contributed by atoms with van der Waals surface area (Å²) in [6, 6.07) is 28.8. The van der Waals surface area contributed by atoms with Crippen molar-refractivity contribution in [2.45, 2.75) is 83.1 Å². The number of halogens is 2. The summed E-state index contributed by atoms with van der Waals surface area (Å²) in [4.78, 5) is 24.9. The normalized spacial score (nSPS) is 13.5. The van der Waals surface area contributed by atoms with Crippen LogP contribution in [-0.2, 0) is 22.4 Å². The third-order valence-electron chi connectivity index (χ3n) is 8.36. The van der Waals surface area contributed by atoms with Crippen LogP contribution in [0.5, 0.6) is 11.5 Å². The second kappa shape index (κ2) is 20.7. The van der Waals surface area contributed by atoms with E-state index in [0.29, 0.717) is 47.2 Å². The van der Waals surface area contributed by atoms with Gasteiger partial charge >= 0.3 is 0 Å². The van der Waals surface area contributed by atoms with E-state index in [1.165, 1.54) is 0 Å². The van der Waals surface area contributed by atoms with Crippen molar-refractivity contribution >= 4 is 35.0 Å². The highest BCUT2D eigenvalue weighted by atomic mass is 35.5. The van der Waals surface area contributed by atoms with Gasteiger partial charge in [0.15, 0.2) is 12.2 Å². The Morgan fingerprint density at radius 3 is 1.33 bits per heavy atom. The molecule has 272 valence electrons. The maximum Gasteiger partial charge on any atom is 0.253 e. The number of benzene rings is 4. The van der Waals surface area contributed by atoms with Gasteiger partial charge in [-0.1, -0.05) is 91.0 Å². The Labute approximate surface area is 311 Å². The molecule has 0 aromatic heterocycles. The zero-order valence-corrected chi connectivity index (χ0v) is 30.7. The van der Waals surface area contributed by atoms with Gasteiger partial charge in [-0.3, -0.25) is 9.59 Å². The van der Waals surface area contributed by atoms with Crippen molar-refractivity contribution in [1.29, 1.82) is 0 Å². The van der Waals surface area contributed by atoms with E-state index in [0.717, 1.165) is 54.7 Å². The van der Waals surface area contributed by atoms with Crippen LogP contribution in [-0.4, -0.2) is 47.3 Å². The molecule has 8 nitrogen and oxygen atoms in total. The van der Waals surface area contributed by atoms with Crippen LogP contribution in [0.3, 0.4) is 0 Å². The van der Waals surface area contributed by atoms with Crippen LogP contribution in [0.2, 0.25) is 10.0 Å². The molecule has 2 amide bonds. The van der Waals surface area contributed by atoms with Gasteiger partial charge in [-0.2, -0.15) is 0 Å². The largest absolute Gasteiger partial charge is 0.494 e. The lowest BCUT2D eigenvalue weighted by Gasteiger charge is -2.17. The highest BCUT2D eigenvalue weighted by Crippen LogP contribution is 2.21. The fraction of sp³-hybridized carbons (Fsp3) is 0.366. The number of aliphatic hydroxyl groups is 2. The Morgan fingerprint density at radius 1 is 0.588 bits per heavy atom. The van der Waals surface area contributed by atoms with E-state index >= 15 is 0 Å². The molecule has 4 aromatic carbocycles.